The van der Waals surface area contributed by atoms with Gasteiger partial charge in [0.2, 0.25) is 0 Å². The molecule has 1 aliphatic rings. The van der Waals surface area contributed by atoms with E-state index in [1.807, 2.05) is 13.8 Å². The van der Waals surface area contributed by atoms with Crippen LogP contribution in [0.25, 0.3) is 5.65 Å². The van der Waals surface area contributed by atoms with Crippen molar-refractivity contribution in [2.75, 3.05) is 0 Å². The number of ether oxygens (including phenoxy) is 1. The van der Waals surface area contributed by atoms with Crippen molar-refractivity contribution < 1.29 is 4.74 Å². The molecule has 3 rings (SSSR count). The quantitative estimate of drug-likeness (QED) is 0.811. The summed E-state index contributed by atoms with van der Waals surface area (Å²) in [7, 11) is 0. The molecule has 0 radical (unpaired) electrons. The smallest absolute Gasteiger partial charge is 0.181 e. The molecule has 0 bridgehead atoms. The Morgan fingerprint density at radius 3 is 2.35 bits per heavy atom. The predicted molar refractivity (Wildman–Crippen MR) is 77.2 cm³/mol. The van der Waals surface area contributed by atoms with Crippen molar-refractivity contribution in [3.8, 4) is 0 Å². The van der Waals surface area contributed by atoms with E-state index in [1.54, 1.807) is 4.52 Å². The molecule has 20 heavy (non-hydrogen) atoms. The van der Waals surface area contributed by atoms with Crippen molar-refractivity contribution in [1.82, 2.24) is 19.8 Å². The third-order valence-electron chi connectivity index (χ3n) is 4.60. The number of nitrogens with zero attached hydrogens (tertiary/aromatic N) is 4. The largest absolute Gasteiger partial charge is 0.374 e. The lowest BCUT2D eigenvalue weighted by Gasteiger charge is -2.16. The van der Waals surface area contributed by atoms with Crippen LogP contribution in [0.5, 0.6) is 0 Å². The maximum absolute atomic E-state index is 6.21. The van der Waals surface area contributed by atoms with Gasteiger partial charge < -0.3 is 4.74 Å². The van der Waals surface area contributed by atoms with Gasteiger partial charge >= 0.3 is 0 Å². The third kappa shape index (κ3) is 1.84. The van der Waals surface area contributed by atoms with Crippen LogP contribution in [0.15, 0.2) is 0 Å². The maximum atomic E-state index is 6.21. The minimum Gasteiger partial charge on any atom is -0.374 e. The molecule has 4 unspecified atom stereocenters. The van der Waals surface area contributed by atoms with Crippen LogP contribution in [0.3, 0.4) is 0 Å². The molecule has 0 amide bonds. The highest BCUT2D eigenvalue weighted by atomic mass is 35.5. The molecule has 1 fully saturated rings. The van der Waals surface area contributed by atoms with E-state index in [9.17, 15) is 0 Å². The highest BCUT2D eigenvalue weighted by Crippen LogP contribution is 2.39. The summed E-state index contributed by atoms with van der Waals surface area (Å²) < 4.78 is 7.68. The zero-order valence-corrected chi connectivity index (χ0v) is 13.1. The third-order valence-corrected chi connectivity index (χ3v) is 4.96. The van der Waals surface area contributed by atoms with E-state index in [0.717, 1.165) is 22.6 Å². The van der Waals surface area contributed by atoms with Gasteiger partial charge in [0, 0.05) is 5.56 Å². The molecule has 2 aromatic heterocycles. The summed E-state index contributed by atoms with van der Waals surface area (Å²) in [4.78, 5) is 0. The molecule has 0 N–H and O–H groups in total. The van der Waals surface area contributed by atoms with Crippen LogP contribution >= 0.6 is 11.6 Å². The van der Waals surface area contributed by atoms with Crippen LogP contribution in [0.2, 0.25) is 5.15 Å². The van der Waals surface area contributed by atoms with Gasteiger partial charge in [-0.2, -0.15) is 9.61 Å². The molecular weight excluding hydrogens is 276 g/mol. The molecule has 1 saturated heterocycles. The lowest BCUT2D eigenvalue weighted by atomic mass is 9.89. The van der Waals surface area contributed by atoms with Crippen LogP contribution in [-0.2, 0) is 4.74 Å². The summed E-state index contributed by atoms with van der Waals surface area (Å²) in [6.07, 6.45) is 0.318. The van der Waals surface area contributed by atoms with Crippen molar-refractivity contribution in [2.45, 2.75) is 52.7 Å². The van der Waals surface area contributed by atoms with Gasteiger partial charge in [0.15, 0.2) is 16.6 Å². The Bertz CT molecular complexity index is 669. The lowest BCUT2D eigenvalue weighted by Crippen LogP contribution is -2.19. The van der Waals surface area contributed by atoms with E-state index in [1.165, 1.54) is 0 Å². The number of aromatic nitrogens is 4. The van der Waals surface area contributed by atoms with E-state index in [2.05, 4.69) is 36.1 Å². The second-order valence-electron chi connectivity index (χ2n) is 5.77. The second-order valence-corrected chi connectivity index (χ2v) is 6.12. The fourth-order valence-electron chi connectivity index (χ4n) is 3.03. The van der Waals surface area contributed by atoms with Gasteiger partial charge in [-0.25, -0.2) is 0 Å². The molecule has 2 aromatic rings. The zero-order chi connectivity index (χ0) is 14.6. The van der Waals surface area contributed by atoms with Crippen LogP contribution in [0.4, 0.5) is 0 Å². The molecule has 108 valence electrons. The fourth-order valence-corrected chi connectivity index (χ4v) is 3.25. The highest BCUT2D eigenvalue weighted by Gasteiger charge is 2.41. The first-order chi connectivity index (χ1) is 9.41. The summed E-state index contributed by atoms with van der Waals surface area (Å²) >= 11 is 6.21. The molecule has 1 aliphatic heterocycles. The molecule has 5 nitrogen and oxygen atoms in total. The number of halogens is 1. The topological polar surface area (TPSA) is 52.3 Å². The minimum atomic E-state index is 0.106. The summed E-state index contributed by atoms with van der Waals surface area (Å²) in [5, 5.41) is 13.6. The first kappa shape index (κ1) is 13.8. The van der Waals surface area contributed by atoms with Gasteiger partial charge in [0.1, 0.15) is 0 Å². The average molecular weight is 295 g/mol. The molecule has 0 spiro atoms. The van der Waals surface area contributed by atoms with E-state index in [4.69, 9.17) is 16.3 Å². The number of fused-ring (bicyclic) bond motifs is 1. The second kappa shape index (κ2) is 4.67. The molecule has 4 atom stereocenters. The van der Waals surface area contributed by atoms with Gasteiger partial charge in [-0.05, 0) is 39.2 Å². The van der Waals surface area contributed by atoms with E-state index in [-0.39, 0.29) is 18.1 Å². The Labute approximate surface area is 123 Å². The van der Waals surface area contributed by atoms with Crippen molar-refractivity contribution in [2.24, 2.45) is 5.92 Å². The number of rotatable bonds is 1. The minimum absolute atomic E-state index is 0.106. The van der Waals surface area contributed by atoms with Crippen molar-refractivity contribution in [3.63, 3.8) is 0 Å². The Balaban J connectivity index is 2.18. The maximum Gasteiger partial charge on any atom is 0.181 e. The standard InChI is InChI=1S/C14H19ClN4O/c1-6-7(2)13-16-17-14(19(13)18-12(6)15)11-8(3)9(4)20-10(11)5/h8-11H,1-5H3. The van der Waals surface area contributed by atoms with Gasteiger partial charge in [-0.15, -0.1) is 10.2 Å². The van der Waals surface area contributed by atoms with Crippen molar-refractivity contribution in [1.29, 1.82) is 0 Å². The zero-order valence-electron chi connectivity index (χ0n) is 12.4. The summed E-state index contributed by atoms with van der Waals surface area (Å²) in [6.45, 7) is 10.3. The molecule has 0 aliphatic carbocycles. The molecule has 0 aromatic carbocycles. The Hall–Kier alpha value is -1.20. The molecule has 3 heterocycles. The summed E-state index contributed by atoms with van der Waals surface area (Å²) in [5.74, 6) is 1.40. The van der Waals surface area contributed by atoms with E-state index >= 15 is 0 Å². The first-order valence-electron chi connectivity index (χ1n) is 6.95. The van der Waals surface area contributed by atoms with Gasteiger partial charge in [0.25, 0.3) is 0 Å². The van der Waals surface area contributed by atoms with Crippen LogP contribution < -0.4 is 0 Å². The number of hydrogen-bond acceptors (Lipinski definition) is 4. The Morgan fingerprint density at radius 1 is 1.05 bits per heavy atom. The summed E-state index contributed by atoms with van der Waals surface area (Å²) in [5.41, 5.74) is 2.76. The first-order valence-corrected chi connectivity index (χ1v) is 7.33. The summed E-state index contributed by atoms with van der Waals surface area (Å²) in [6, 6.07) is 0. The van der Waals surface area contributed by atoms with Gasteiger partial charge in [-0.3, -0.25) is 0 Å². The molecular formula is C14H19ClN4O. The Morgan fingerprint density at radius 2 is 1.75 bits per heavy atom. The highest BCUT2D eigenvalue weighted by molar-refractivity contribution is 6.30. The van der Waals surface area contributed by atoms with Crippen LogP contribution in [0, 0.1) is 19.8 Å². The van der Waals surface area contributed by atoms with E-state index in [0.29, 0.717) is 11.1 Å². The van der Waals surface area contributed by atoms with E-state index < -0.39 is 0 Å². The Kier molecular flexibility index (Phi) is 3.21. The lowest BCUT2D eigenvalue weighted by molar-refractivity contribution is 0.0552. The molecule has 6 heteroatoms. The van der Waals surface area contributed by atoms with Crippen LogP contribution in [0.1, 0.15) is 43.6 Å². The number of aryl methyl sites for hydroxylation is 1. The average Bonchev–Trinajstić information content (AvgIpc) is 2.89. The fraction of sp³-hybridized carbons (Fsp3) is 0.643. The van der Waals surface area contributed by atoms with Crippen molar-refractivity contribution in [3.05, 3.63) is 22.1 Å². The molecule has 0 saturated carbocycles. The SMILES string of the molecule is Cc1c(Cl)nn2c(C3C(C)OC(C)C3C)nnc2c1C. The predicted octanol–water partition coefficient (Wildman–Crippen LogP) is 2.92. The van der Waals surface area contributed by atoms with Crippen LogP contribution in [-0.4, -0.2) is 32.0 Å². The number of hydrogen-bond donors (Lipinski definition) is 0. The van der Waals surface area contributed by atoms with Crippen molar-refractivity contribution >= 4 is 17.2 Å². The van der Waals surface area contributed by atoms with Gasteiger partial charge in [0.05, 0.1) is 18.1 Å². The van der Waals surface area contributed by atoms with Gasteiger partial charge in [-0.1, -0.05) is 18.5 Å². The monoisotopic (exact) mass is 294 g/mol. The normalized spacial score (nSPS) is 30.3.